The number of benzene rings is 1. The molecule has 0 saturated heterocycles. The fourth-order valence-electron chi connectivity index (χ4n) is 2.15. The van der Waals surface area contributed by atoms with Gasteiger partial charge < -0.3 is 15.2 Å². The average Bonchev–Trinajstić information content (AvgIpc) is 2.57. The quantitative estimate of drug-likeness (QED) is 0.780. The Balaban J connectivity index is 2.17. The van der Waals surface area contributed by atoms with Gasteiger partial charge in [-0.25, -0.2) is 4.79 Å². The molecule has 2 rings (SSSR count). The molecule has 2 N–H and O–H groups in total. The van der Waals surface area contributed by atoms with E-state index < -0.39 is 23.9 Å². The van der Waals surface area contributed by atoms with E-state index in [1.54, 1.807) is 24.4 Å². The second-order valence-electron chi connectivity index (χ2n) is 4.86. The number of aromatic nitrogens is 1. The first-order valence-electron chi connectivity index (χ1n) is 6.97. The Kier molecular flexibility index (Phi) is 5.24. The van der Waals surface area contributed by atoms with Crippen LogP contribution < -0.4 is 5.32 Å². The summed E-state index contributed by atoms with van der Waals surface area (Å²) in [6.45, 7) is 0. The molecule has 0 fully saturated rings. The predicted octanol–water partition coefficient (Wildman–Crippen LogP) is 1.37. The van der Waals surface area contributed by atoms with Crippen molar-refractivity contribution >= 4 is 28.7 Å². The number of ether oxygens (including phenoxy) is 1. The smallest absolute Gasteiger partial charge is 0.326 e. The lowest BCUT2D eigenvalue weighted by atomic mass is 10.1. The van der Waals surface area contributed by atoms with Crippen molar-refractivity contribution < 1.29 is 24.2 Å². The Hall–Kier alpha value is -2.96. The van der Waals surface area contributed by atoms with Gasteiger partial charge in [-0.2, -0.15) is 0 Å². The van der Waals surface area contributed by atoms with Crippen LogP contribution in [-0.4, -0.2) is 41.1 Å². The van der Waals surface area contributed by atoms with Crippen molar-refractivity contribution in [1.29, 1.82) is 0 Å². The summed E-state index contributed by atoms with van der Waals surface area (Å²) in [5.41, 5.74) is 0.775. The summed E-state index contributed by atoms with van der Waals surface area (Å²) in [4.78, 5) is 38.9. The number of fused-ring (bicyclic) bond motifs is 1. The highest BCUT2D eigenvalue weighted by molar-refractivity contribution is 6.06. The van der Waals surface area contributed by atoms with Gasteiger partial charge in [0.05, 0.1) is 18.2 Å². The normalized spacial score (nSPS) is 11.7. The summed E-state index contributed by atoms with van der Waals surface area (Å²) >= 11 is 0. The van der Waals surface area contributed by atoms with Gasteiger partial charge in [0.15, 0.2) is 0 Å². The Morgan fingerprint density at radius 3 is 2.70 bits per heavy atom. The van der Waals surface area contributed by atoms with Gasteiger partial charge in [0.25, 0.3) is 5.91 Å². The molecule has 1 atom stereocenters. The molecule has 0 radical (unpaired) electrons. The van der Waals surface area contributed by atoms with Gasteiger partial charge in [-0.1, -0.05) is 18.2 Å². The molecule has 0 aliphatic heterocycles. The number of amides is 1. The third-order valence-electron chi connectivity index (χ3n) is 3.35. The molecule has 1 amide bonds. The minimum absolute atomic E-state index is 0.0497. The fraction of sp³-hybridized carbons (Fsp3) is 0.250. The van der Waals surface area contributed by atoms with E-state index >= 15 is 0 Å². The summed E-state index contributed by atoms with van der Waals surface area (Å²) in [5.74, 6) is -2.29. The summed E-state index contributed by atoms with van der Waals surface area (Å²) in [6, 6.07) is 7.46. The molecule has 0 aliphatic rings. The molecular weight excluding hydrogens is 300 g/mol. The van der Waals surface area contributed by atoms with Crippen LogP contribution in [0.4, 0.5) is 0 Å². The van der Waals surface area contributed by atoms with Gasteiger partial charge in [-0.05, 0) is 18.6 Å². The fourth-order valence-corrected chi connectivity index (χ4v) is 2.15. The van der Waals surface area contributed by atoms with E-state index in [0.717, 1.165) is 5.39 Å². The van der Waals surface area contributed by atoms with Crippen molar-refractivity contribution in [2.45, 2.75) is 18.9 Å². The third kappa shape index (κ3) is 4.03. The lowest BCUT2D eigenvalue weighted by Crippen LogP contribution is -2.41. The third-order valence-corrected chi connectivity index (χ3v) is 3.35. The van der Waals surface area contributed by atoms with E-state index in [1.165, 1.54) is 7.11 Å². The second-order valence-corrected chi connectivity index (χ2v) is 4.86. The average molecular weight is 316 g/mol. The topological polar surface area (TPSA) is 106 Å². The number of rotatable bonds is 6. The first-order valence-corrected chi connectivity index (χ1v) is 6.97. The molecule has 7 heteroatoms. The van der Waals surface area contributed by atoms with E-state index in [2.05, 4.69) is 15.0 Å². The Labute approximate surface area is 132 Å². The molecule has 0 bridgehead atoms. The monoisotopic (exact) mass is 316 g/mol. The molecule has 7 nitrogen and oxygen atoms in total. The predicted molar refractivity (Wildman–Crippen MR) is 81.9 cm³/mol. The van der Waals surface area contributed by atoms with Crippen molar-refractivity contribution in [3.05, 3.63) is 42.1 Å². The lowest BCUT2D eigenvalue weighted by Gasteiger charge is -2.14. The van der Waals surface area contributed by atoms with Gasteiger partial charge in [-0.15, -0.1) is 0 Å². The van der Waals surface area contributed by atoms with Gasteiger partial charge >= 0.3 is 11.9 Å². The van der Waals surface area contributed by atoms with Crippen molar-refractivity contribution in [1.82, 2.24) is 10.3 Å². The van der Waals surface area contributed by atoms with Crippen molar-refractivity contribution in [2.75, 3.05) is 7.11 Å². The van der Waals surface area contributed by atoms with Gasteiger partial charge in [0.2, 0.25) is 0 Å². The second kappa shape index (κ2) is 7.35. The maximum atomic E-state index is 12.4. The summed E-state index contributed by atoms with van der Waals surface area (Å²) in [7, 11) is 1.22. The highest BCUT2D eigenvalue weighted by Crippen LogP contribution is 2.16. The van der Waals surface area contributed by atoms with E-state index in [4.69, 9.17) is 0 Å². The van der Waals surface area contributed by atoms with Crippen LogP contribution in [-0.2, 0) is 14.3 Å². The lowest BCUT2D eigenvalue weighted by molar-refractivity contribution is -0.142. The first-order chi connectivity index (χ1) is 11.0. The SMILES string of the molecule is COC(=O)CC[C@H](NC(=O)c1cccc2cccnc12)C(=O)O. The zero-order valence-corrected chi connectivity index (χ0v) is 12.5. The molecule has 1 aromatic heterocycles. The number of aliphatic carboxylic acids is 1. The van der Waals surface area contributed by atoms with E-state index in [9.17, 15) is 19.5 Å². The zero-order valence-electron chi connectivity index (χ0n) is 12.5. The molecule has 2 aromatic rings. The summed E-state index contributed by atoms with van der Waals surface area (Å²) < 4.78 is 4.47. The first kappa shape index (κ1) is 16.4. The number of nitrogens with zero attached hydrogens (tertiary/aromatic N) is 1. The molecule has 0 unspecified atom stereocenters. The molecule has 23 heavy (non-hydrogen) atoms. The number of methoxy groups -OCH3 is 1. The van der Waals surface area contributed by atoms with Crippen molar-refractivity contribution in [3.8, 4) is 0 Å². The van der Waals surface area contributed by atoms with Gasteiger partial charge in [0, 0.05) is 18.0 Å². The number of pyridine rings is 1. The number of esters is 1. The molecule has 0 aliphatic carbocycles. The summed E-state index contributed by atoms with van der Waals surface area (Å²) in [5, 5.41) is 12.4. The standard InChI is InChI=1S/C16H16N2O5/c1-23-13(19)8-7-12(16(21)22)18-15(20)11-6-2-4-10-5-3-9-17-14(10)11/h2-6,9,12H,7-8H2,1H3,(H,18,20)(H,21,22)/t12-/m0/s1. The minimum atomic E-state index is -1.21. The molecular formula is C16H16N2O5. The van der Waals surface area contributed by atoms with Gasteiger partial charge in [0.1, 0.15) is 6.04 Å². The number of carboxylic acid groups (broad SMARTS) is 1. The Morgan fingerprint density at radius 1 is 1.26 bits per heavy atom. The van der Waals surface area contributed by atoms with Crippen LogP contribution in [0.3, 0.4) is 0 Å². The van der Waals surface area contributed by atoms with Crippen LogP contribution in [0, 0.1) is 0 Å². The number of hydrogen-bond donors (Lipinski definition) is 2. The van der Waals surface area contributed by atoms with E-state index in [-0.39, 0.29) is 18.4 Å². The van der Waals surface area contributed by atoms with E-state index in [0.29, 0.717) is 5.52 Å². The highest BCUT2D eigenvalue weighted by Gasteiger charge is 2.22. The van der Waals surface area contributed by atoms with Crippen LogP contribution in [0.25, 0.3) is 10.9 Å². The van der Waals surface area contributed by atoms with Crippen LogP contribution in [0.5, 0.6) is 0 Å². The largest absolute Gasteiger partial charge is 0.480 e. The number of carboxylic acids is 1. The number of carbonyl (C=O) groups is 3. The Bertz CT molecular complexity index is 739. The summed E-state index contributed by atoms with van der Waals surface area (Å²) in [6.07, 6.45) is 1.42. The number of para-hydroxylation sites is 1. The highest BCUT2D eigenvalue weighted by atomic mass is 16.5. The van der Waals surface area contributed by atoms with Crippen molar-refractivity contribution in [3.63, 3.8) is 0 Å². The molecule has 0 saturated carbocycles. The molecule has 120 valence electrons. The van der Waals surface area contributed by atoms with Crippen LogP contribution in [0.1, 0.15) is 23.2 Å². The van der Waals surface area contributed by atoms with Crippen LogP contribution in [0.15, 0.2) is 36.5 Å². The minimum Gasteiger partial charge on any atom is -0.480 e. The number of carbonyl (C=O) groups excluding carboxylic acids is 2. The number of nitrogens with one attached hydrogen (secondary N) is 1. The molecule has 1 aromatic carbocycles. The van der Waals surface area contributed by atoms with Gasteiger partial charge in [-0.3, -0.25) is 14.6 Å². The Morgan fingerprint density at radius 2 is 2.00 bits per heavy atom. The maximum absolute atomic E-state index is 12.4. The maximum Gasteiger partial charge on any atom is 0.326 e. The van der Waals surface area contributed by atoms with Crippen LogP contribution >= 0.6 is 0 Å². The van der Waals surface area contributed by atoms with Crippen LogP contribution in [0.2, 0.25) is 0 Å². The van der Waals surface area contributed by atoms with Crippen molar-refractivity contribution in [2.24, 2.45) is 0 Å². The zero-order chi connectivity index (χ0) is 16.8. The van der Waals surface area contributed by atoms with E-state index in [1.807, 2.05) is 12.1 Å². The number of hydrogen-bond acceptors (Lipinski definition) is 5. The molecule has 1 heterocycles. The molecule has 0 spiro atoms.